The Bertz CT molecular complexity index is 755. The Morgan fingerprint density at radius 3 is 2.95 bits per heavy atom. The summed E-state index contributed by atoms with van der Waals surface area (Å²) in [6.45, 7) is 0. The summed E-state index contributed by atoms with van der Waals surface area (Å²) in [5.74, 6) is -1.90. The number of hydrogen-bond donors (Lipinski definition) is 1. The molecule has 0 spiro atoms. The molecule has 19 heavy (non-hydrogen) atoms. The van der Waals surface area contributed by atoms with Crippen molar-refractivity contribution < 1.29 is 13.5 Å². The van der Waals surface area contributed by atoms with Crippen molar-refractivity contribution in [3.63, 3.8) is 0 Å². The molecule has 2 N–H and O–H groups in total. The number of fused-ring (bicyclic) bond motifs is 1. The normalized spacial score (nSPS) is 10.8. The van der Waals surface area contributed by atoms with Gasteiger partial charge in [0.1, 0.15) is 5.75 Å². The van der Waals surface area contributed by atoms with Crippen molar-refractivity contribution in [3.8, 4) is 11.5 Å². The van der Waals surface area contributed by atoms with Crippen molar-refractivity contribution in [2.24, 2.45) is 0 Å². The molecule has 0 bridgehead atoms. The fourth-order valence-corrected chi connectivity index (χ4v) is 1.78. The number of nitrogen functional groups attached to an aromatic ring is 1. The first kappa shape index (κ1) is 11.5. The van der Waals surface area contributed by atoms with E-state index in [9.17, 15) is 8.78 Å². The molecular formula is C13H9F2N3O. The van der Waals surface area contributed by atoms with Crippen LogP contribution in [-0.4, -0.2) is 9.38 Å². The van der Waals surface area contributed by atoms with Crippen LogP contribution in [0.15, 0.2) is 42.9 Å². The molecule has 3 rings (SSSR count). The van der Waals surface area contributed by atoms with Crippen LogP contribution in [0.1, 0.15) is 0 Å². The first-order valence-electron chi connectivity index (χ1n) is 5.49. The topological polar surface area (TPSA) is 52.5 Å². The molecule has 0 radical (unpaired) electrons. The highest BCUT2D eigenvalue weighted by Gasteiger charge is 2.11. The molecule has 0 atom stereocenters. The first-order valence-corrected chi connectivity index (χ1v) is 5.49. The van der Waals surface area contributed by atoms with Crippen LogP contribution in [0.3, 0.4) is 0 Å². The number of benzene rings is 1. The van der Waals surface area contributed by atoms with Gasteiger partial charge >= 0.3 is 0 Å². The van der Waals surface area contributed by atoms with Gasteiger partial charge in [-0.25, -0.2) is 9.37 Å². The lowest BCUT2D eigenvalue weighted by atomic mass is 10.3. The Morgan fingerprint density at radius 2 is 2.11 bits per heavy atom. The van der Waals surface area contributed by atoms with Crippen molar-refractivity contribution >= 4 is 11.3 Å². The fourth-order valence-electron chi connectivity index (χ4n) is 1.78. The molecule has 0 unspecified atom stereocenters. The molecule has 6 heteroatoms. The number of anilines is 1. The SMILES string of the molecule is Nc1cc(Oc2cccc(F)c2F)cn2ccnc12. The Balaban J connectivity index is 2.03. The zero-order valence-corrected chi connectivity index (χ0v) is 9.68. The average Bonchev–Trinajstić information content (AvgIpc) is 2.84. The maximum absolute atomic E-state index is 13.5. The summed E-state index contributed by atoms with van der Waals surface area (Å²) in [5.41, 5.74) is 6.76. The second-order valence-corrected chi connectivity index (χ2v) is 3.94. The third kappa shape index (κ3) is 1.97. The Hall–Kier alpha value is -2.63. The number of pyridine rings is 1. The number of rotatable bonds is 2. The highest BCUT2D eigenvalue weighted by molar-refractivity contribution is 5.66. The van der Waals surface area contributed by atoms with E-state index in [1.54, 1.807) is 23.0 Å². The van der Waals surface area contributed by atoms with Crippen LogP contribution in [0, 0.1) is 11.6 Å². The maximum atomic E-state index is 13.5. The van der Waals surface area contributed by atoms with Crippen molar-refractivity contribution in [1.29, 1.82) is 0 Å². The van der Waals surface area contributed by atoms with Gasteiger partial charge in [0.15, 0.2) is 17.2 Å². The second kappa shape index (κ2) is 4.24. The van der Waals surface area contributed by atoms with E-state index in [0.29, 0.717) is 17.1 Å². The lowest BCUT2D eigenvalue weighted by Crippen LogP contribution is -1.96. The summed E-state index contributed by atoms with van der Waals surface area (Å²) in [5, 5.41) is 0. The highest BCUT2D eigenvalue weighted by Crippen LogP contribution is 2.28. The van der Waals surface area contributed by atoms with Gasteiger partial charge in [-0.2, -0.15) is 4.39 Å². The molecule has 96 valence electrons. The smallest absolute Gasteiger partial charge is 0.201 e. The van der Waals surface area contributed by atoms with E-state index >= 15 is 0 Å². The molecule has 2 aromatic heterocycles. The molecule has 0 amide bonds. The van der Waals surface area contributed by atoms with E-state index in [2.05, 4.69) is 4.98 Å². The van der Waals surface area contributed by atoms with Crippen molar-refractivity contribution in [2.75, 3.05) is 5.73 Å². The van der Waals surface area contributed by atoms with Crippen LogP contribution in [0.25, 0.3) is 5.65 Å². The van der Waals surface area contributed by atoms with Gasteiger partial charge in [-0.15, -0.1) is 0 Å². The molecule has 1 aromatic carbocycles. The Kier molecular flexibility index (Phi) is 2.56. The van der Waals surface area contributed by atoms with E-state index in [-0.39, 0.29) is 5.75 Å². The number of hydrogen-bond acceptors (Lipinski definition) is 3. The van der Waals surface area contributed by atoms with Crippen LogP contribution in [0.2, 0.25) is 0 Å². The van der Waals surface area contributed by atoms with Gasteiger partial charge in [-0.1, -0.05) is 6.07 Å². The van der Waals surface area contributed by atoms with E-state index < -0.39 is 11.6 Å². The van der Waals surface area contributed by atoms with Gasteiger partial charge in [0.05, 0.1) is 11.9 Å². The predicted molar refractivity (Wildman–Crippen MR) is 66.0 cm³/mol. The van der Waals surface area contributed by atoms with Gasteiger partial charge in [0.2, 0.25) is 5.82 Å². The number of nitrogens with two attached hydrogens (primary N) is 1. The minimum Gasteiger partial charge on any atom is -0.453 e. The molecular weight excluding hydrogens is 252 g/mol. The van der Waals surface area contributed by atoms with Crippen LogP contribution in [0.4, 0.5) is 14.5 Å². The molecule has 3 aromatic rings. The summed E-state index contributed by atoms with van der Waals surface area (Å²) in [4.78, 5) is 4.05. The monoisotopic (exact) mass is 261 g/mol. The number of imidazole rings is 1. The zero-order chi connectivity index (χ0) is 13.4. The summed E-state index contributed by atoms with van der Waals surface area (Å²) in [6, 6.07) is 5.24. The molecule has 0 saturated heterocycles. The van der Waals surface area contributed by atoms with Crippen molar-refractivity contribution in [3.05, 3.63) is 54.5 Å². The fraction of sp³-hybridized carbons (Fsp3) is 0. The Morgan fingerprint density at radius 1 is 1.26 bits per heavy atom. The average molecular weight is 261 g/mol. The van der Waals surface area contributed by atoms with Crippen LogP contribution in [0.5, 0.6) is 11.5 Å². The standard InChI is InChI=1S/C13H9F2N3O/c14-9-2-1-3-11(12(9)15)19-8-6-10(16)13-17-4-5-18(13)7-8/h1-7H,16H2. The van der Waals surface area contributed by atoms with Gasteiger partial charge in [0, 0.05) is 18.5 Å². The molecule has 4 nitrogen and oxygen atoms in total. The summed E-state index contributed by atoms with van der Waals surface area (Å²) in [7, 11) is 0. The van der Waals surface area contributed by atoms with Gasteiger partial charge in [-0.3, -0.25) is 0 Å². The van der Waals surface area contributed by atoms with Gasteiger partial charge in [0.25, 0.3) is 0 Å². The quantitative estimate of drug-likeness (QED) is 0.771. The summed E-state index contributed by atoms with van der Waals surface area (Å²) < 4.78 is 33.5. The van der Waals surface area contributed by atoms with Crippen LogP contribution >= 0.6 is 0 Å². The van der Waals surface area contributed by atoms with Crippen LogP contribution < -0.4 is 10.5 Å². The first-order chi connectivity index (χ1) is 9.15. The lowest BCUT2D eigenvalue weighted by molar-refractivity contribution is 0.415. The number of halogens is 2. The summed E-state index contributed by atoms with van der Waals surface area (Å²) in [6.07, 6.45) is 4.85. The molecule has 0 aliphatic heterocycles. The van der Waals surface area contributed by atoms with E-state index in [1.807, 2.05) is 0 Å². The van der Waals surface area contributed by atoms with Crippen molar-refractivity contribution in [2.45, 2.75) is 0 Å². The maximum Gasteiger partial charge on any atom is 0.201 e. The van der Waals surface area contributed by atoms with Crippen LogP contribution in [-0.2, 0) is 0 Å². The number of nitrogens with zero attached hydrogens (tertiary/aromatic N) is 2. The summed E-state index contributed by atoms with van der Waals surface area (Å²) >= 11 is 0. The van der Waals surface area contributed by atoms with E-state index in [4.69, 9.17) is 10.5 Å². The second-order valence-electron chi connectivity index (χ2n) is 3.94. The van der Waals surface area contributed by atoms with Gasteiger partial charge in [-0.05, 0) is 12.1 Å². The molecule has 0 fully saturated rings. The number of aromatic nitrogens is 2. The Labute approximate surface area is 107 Å². The lowest BCUT2D eigenvalue weighted by Gasteiger charge is -2.08. The van der Waals surface area contributed by atoms with E-state index in [1.165, 1.54) is 18.2 Å². The third-order valence-electron chi connectivity index (χ3n) is 2.63. The number of ether oxygens (including phenoxy) is 1. The highest BCUT2D eigenvalue weighted by atomic mass is 19.2. The largest absolute Gasteiger partial charge is 0.453 e. The van der Waals surface area contributed by atoms with E-state index in [0.717, 1.165) is 6.07 Å². The molecule has 2 heterocycles. The molecule has 0 aliphatic rings. The molecule has 0 saturated carbocycles. The zero-order valence-electron chi connectivity index (χ0n) is 9.68. The minimum absolute atomic E-state index is 0.195. The minimum atomic E-state index is -1.04. The third-order valence-corrected chi connectivity index (χ3v) is 2.63. The van der Waals surface area contributed by atoms with Crippen molar-refractivity contribution in [1.82, 2.24) is 9.38 Å². The molecule has 0 aliphatic carbocycles. The van der Waals surface area contributed by atoms with Gasteiger partial charge < -0.3 is 14.9 Å². The predicted octanol–water partition coefficient (Wildman–Crippen LogP) is 2.99.